The molecular weight excluding hydrogens is 568 g/mol. The highest BCUT2D eigenvalue weighted by Gasteiger charge is 2.48. The minimum absolute atomic E-state index is 0.0777. The summed E-state index contributed by atoms with van der Waals surface area (Å²) in [7, 11) is 0. The number of carbonyl (C=O) groups excluding carboxylic acids is 1. The fourth-order valence-electron chi connectivity index (χ4n) is 4.30. The lowest BCUT2D eigenvalue weighted by molar-refractivity contribution is -0.177. The van der Waals surface area contributed by atoms with Gasteiger partial charge in [0.1, 0.15) is 11.9 Å². The van der Waals surface area contributed by atoms with Gasteiger partial charge in [0.15, 0.2) is 5.13 Å². The van der Waals surface area contributed by atoms with Crippen LogP contribution in [0.3, 0.4) is 0 Å². The maximum atomic E-state index is 14.1. The predicted octanol–water partition coefficient (Wildman–Crippen LogP) is 6.03. The van der Waals surface area contributed by atoms with Crippen molar-refractivity contribution in [3.05, 3.63) is 58.3 Å². The fourth-order valence-corrected chi connectivity index (χ4v) is 6.32. The van der Waals surface area contributed by atoms with E-state index in [1.807, 2.05) is 25.5 Å². The van der Waals surface area contributed by atoms with Gasteiger partial charge >= 0.3 is 6.18 Å². The largest absolute Gasteiger partial charge is 0.410 e. The van der Waals surface area contributed by atoms with Crippen molar-refractivity contribution in [2.45, 2.75) is 31.1 Å². The Hall–Kier alpha value is -3.23. The van der Waals surface area contributed by atoms with E-state index in [9.17, 15) is 18.0 Å². The Kier molecular flexibility index (Phi) is 7.78. The van der Waals surface area contributed by atoms with E-state index < -0.39 is 18.1 Å². The molecule has 5 rings (SSSR count). The number of hydrogen-bond donors (Lipinski definition) is 1. The topological polar surface area (TPSA) is 87.1 Å². The van der Waals surface area contributed by atoms with Crippen LogP contribution in [0.1, 0.15) is 21.1 Å². The number of thioether (sulfide) groups is 1. The number of piperazine rings is 1. The van der Waals surface area contributed by atoms with Crippen molar-refractivity contribution in [2.75, 3.05) is 36.1 Å². The van der Waals surface area contributed by atoms with E-state index in [2.05, 4.69) is 25.3 Å². The summed E-state index contributed by atoms with van der Waals surface area (Å²) >= 11 is 4.42. The molecule has 1 unspecified atom stereocenters. The predicted molar refractivity (Wildman–Crippen MR) is 149 cm³/mol. The number of carbonyl (C=O) groups is 1. The average Bonchev–Trinajstić information content (AvgIpc) is 3.52. The average molecular weight is 592 g/mol. The van der Waals surface area contributed by atoms with Crippen molar-refractivity contribution >= 4 is 57.0 Å². The highest BCUT2D eigenvalue weighted by molar-refractivity contribution is 7.98. The lowest BCUT2D eigenvalue weighted by Gasteiger charge is -2.42. The Balaban J connectivity index is 1.27. The van der Waals surface area contributed by atoms with Crippen molar-refractivity contribution < 1.29 is 18.0 Å². The van der Waals surface area contributed by atoms with Crippen molar-refractivity contribution in [1.29, 1.82) is 0 Å². The summed E-state index contributed by atoms with van der Waals surface area (Å²) < 4.78 is 42.2. The molecule has 0 radical (unpaired) electrons. The number of pyridine rings is 2. The first-order valence-electron chi connectivity index (χ1n) is 11.9. The number of halogens is 3. The molecular formula is C25H24F3N7OS3. The maximum absolute atomic E-state index is 14.1. The third-order valence-electron chi connectivity index (χ3n) is 6.20. The highest BCUT2D eigenvalue weighted by Crippen LogP contribution is 2.34. The highest BCUT2D eigenvalue weighted by atomic mass is 32.2. The zero-order valence-electron chi connectivity index (χ0n) is 21.2. The molecule has 1 N–H and O–H groups in total. The number of nitrogens with zero attached hydrogens (tertiary/aromatic N) is 6. The molecule has 0 bridgehead atoms. The normalized spacial score (nSPS) is 16.0. The van der Waals surface area contributed by atoms with E-state index in [0.717, 1.165) is 31.2 Å². The fraction of sp³-hybridized carbons (Fsp3) is 0.320. The van der Waals surface area contributed by atoms with E-state index in [0.29, 0.717) is 16.6 Å². The van der Waals surface area contributed by atoms with Gasteiger partial charge in [0.05, 0.1) is 43.7 Å². The Bertz CT molecular complexity index is 1460. The molecule has 39 heavy (non-hydrogen) atoms. The first-order chi connectivity index (χ1) is 18.6. The van der Waals surface area contributed by atoms with Gasteiger partial charge in [0.2, 0.25) is 0 Å². The number of nitrogens with one attached hydrogen (secondary N) is 1. The first-order valence-corrected chi connectivity index (χ1v) is 14.8. The molecule has 1 aliphatic rings. The number of alkyl halides is 3. The SMILES string of the molecule is CSc1ccc(N2CCN(C(=O)c3ccc(Nc4nc(-c5sc(C)nc5C)cs4)nc3)C(C(F)(F)F)C2)cn1. The maximum Gasteiger partial charge on any atom is 0.410 e. The molecule has 0 aromatic carbocycles. The molecule has 14 heteroatoms. The molecule has 1 aliphatic heterocycles. The van der Waals surface area contributed by atoms with Crippen LogP contribution < -0.4 is 10.2 Å². The summed E-state index contributed by atoms with van der Waals surface area (Å²) in [5.41, 5.74) is 2.41. The van der Waals surface area contributed by atoms with Crippen molar-refractivity contribution in [3.8, 4) is 10.6 Å². The number of rotatable bonds is 6. The lowest BCUT2D eigenvalue weighted by Crippen LogP contribution is -2.60. The van der Waals surface area contributed by atoms with Crippen LogP contribution in [0.5, 0.6) is 0 Å². The van der Waals surface area contributed by atoms with E-state index in [1.165, 1.54) is 35.4 Å². The zero-order valence-corrected chi connectivity index (χ0v) is 23.6. The van der Waals surface area contributed by atoms with Gasteiger partial charge in [-0.15, -0.1) is 34.4 Å². The standard InChI is InChI=1S/C25H24F3N7OS3/c1-14-22(39-15(2)31-14)18-13-38-24(32-18)33-20-6-4-16(10-29-20)23(36)35-9-8-34(12-19(35)25(26,27)28)17-5-7-21(37-3)30-11-17/h4-7,10-11,13,19H,8-9,12H2,1-3H3,(H,29,32,33). The van der Waals surface area contributed by atoms with E-state index in [1.54, 1.807) is 40.6 Å². The van der Waals surface area contributed by atoms with Crippen LogP contribution in [0, 0.1) is 13.8 Å². The van der Waals surface area contributed by atoms with Gasteiger partial charge in [0.25, 0.3) is 5.91 Å². The van der Waals surface area contributed by atoms with Gasteiger partial charge in [-0.1, -0.05) is 0 Å². The first kappa shape index (κ1) is 27.3. The van der Waals surface area contributed by atoms with Crippen molar-refractivity contribution in [1.82, 2.24) is 24.8 Å². The van der Waals surface area contributed by atoms with Crippen LogP contribution in [0.2, 0.25) is 0 Å². The summed E-state index contributed by atoms with van der Waals surface area (Å²) in [6.07, 6.45) is 0.148. The monoisotopic (exact) mass is 591 g/mol. The lowest BCUT2D eigenvalue weighted by atomic mass is 10.1. The summed E-state index contributed by atoms with van der Waals surface area (Å²) in [4.78, 5) is 34.2. The second kappa shape index (κ2) is 11.1. The minimum Gasteiger partial charge on any atom is -0.366 e. The number of amides is 1. The van der Waals surface area contributed by atoms with E-state index in [-0.39, 0.29) is 25.2 Å². The van der Waals surface area contributed by atoms with Gasteiger partial charge in [-0.2, -0.15) is 13.2 Å². The summed E-state index contributed by atoms with van der Waals surface area (Å²) in [6, 6.07) is 4.62. The number of hydrogen-bond acceptors (Lipinski definition) is 10. The molecule has 5 heterocycles. The van der Waals surface area contributed by atoms with Crippen LogP contribution in [0.15, 0.2) is 47.1 Å². The quantitative estimate of drug-likeness (QED) is 0.272. The molecule has 1 fully saturated rings. The molecule has 0 saturated carbocycles. The van der Waals surface area contributed by atoms with Gasteiger partial charge in [-0.05, 0) is 44.4 Å². The van der Waals surface area contributed by atoms with Gasteiger partial charge in [-0.3, -0.25) is 4.79 Å². The second-order valence-corrected chi connectivity index (χ2v) is 11.7. The van der Waals surface area contributed by atoms with Crippen LogP contribution in [-0.2, 0) is 0 Å². The number of aromatic nitrogens is 4. The van der Waals surface area contributed by atoms with E-state index >= 15 is 0 Å². The Morgan fingerprint density at radius 1 is 1.10 bits per heavy atom. The van der Waals surface area contributed by atoms with Gasteiger partial charge in [-0.25, -0.2) is 19.9 Å². The van der Waals surface area contributed by atoms with Gasteiger partial charge < -0.3 is 15.1 Å². The third kappa shape index (κ3) is 6.02. The second-order valence-electron chi connectivity index (χ2n) is 8.80. The van der Waals surface area contributed by atoms with Crippen LogP contribution in [0.4, 0.5) is 29.8 Å². The Morgan fingerprint density at radius 3 is 2.54 bits per heavy atom. The van der Waals surface area contributed by atoms with Crippen molar-refractivity contribution in [3.63, 3.8) is 0 Å². The third-order valence-corrected chi connectivity index (χ3v) is 8.71. The number of thiazole rings is 2. The smallest absolute Gasteiger partial charge is 0.366 e. The van der Waals surface area contributed by atoms with Crippen LogP contribution in [0.25, 0.3) is 10.6 Å². The summed E-state index contributed by atoms with van der Waals surface area (Å²) in [6.45, 7) is 3.69. The molecule has 4 aromatic heterocycles. The molecule has 1 saturated heterocycles. The molecule has 1 atom stereocenters. The number of anilines is 3. The van der Waals surface area contributed by atoms with Crippen LogP contribution in [-0.4, -0.2) is 68.9 Å². The summed E-state index contributed by atoms with van der Waals surface area (Å²) in [5.74, 6) is -0.275. The molecule has 8 nitrogen and oxygen atoms in total. The Labute approximate surface area is 235 Å². The molecule has 0 aliphatic carbocycles. The van der Waals surface area contributed by atoms with Crippen LogP contribution >= 0.6 is 34.4 Å². The molecule has 4 aromatic rings. The minimum atomic E-state index is -4.59. The summed E-state index contributed by atoms with van der Waals surface area (Å²) in [5, 5.41) is 7.36. The molecule has 204 valence electrons. The molecule has 0 spiro atoms. The molecule has 1 amide bonds. The van der Waals surface area contributed by atoms with Crippen molar-refractivity contribution in [2.24, 2.45) is 0 Å². The number of aryl methyl sites for hydroxylation is 2. The Morgan fingerprint density at radius 2 is 1.92 bits per heavy atom. The van der Waals surface area contributed by atoms with Gasteiger partial charge in [0, 0.05) is 31.2 Å². The zero-order chi connectivity index (χ0) is 27.7. The van der Waals surface area contributed by atoms with E-state index in [4.69, 9.17) is 0 Å².